The lowest BCUT2D eigenvalue weighted by molar-refractivity contribution is -0.113. The Bertz CT molecular complexity index is 511. The molecule has 2 rings (SSSR count). The Labute approximate surface area is 109 Å². The number of benzene rings is 2. The summed E-state index contributed by atoms with van der Waals surface area (Å²) in [6.07, 6.45) is 0. The molecule has 3 heteroatoms. The van der Waals surface area contributed by atoms with Gasteiger partial charge in [-0.3, -0.25) is 4.79 Å². The fourth-order valence-electron chi connectivity index (χ4n) is 1.60. The number of carbonyl (C=O) groups excluding carboxylic acids is 1. The van der Waals surface area contributed by atoms with Crippen LogP contribution in [0.1, 0.15) is 0 Å². The predicted octanol–water partition coefficient (Wildman–Crippen LogP) is 3.69. The largest absolute Gasteiger partial charge is 0.325 e. The second-order valence-electron chi connectivity index (χ2n) is 3.63. The van der Waals surface area contributed by atoms with E-state index in [-0.39, 0.29) is 5.91 Å². The zero-order valence-electron chi connectivity index (χ0n) is 9.19. The number of alkyl halides is 1. The van der Waals surface area contributed by atoms with E-state index in [4.69, 9.17) is 0 Å². The molecule has 1 amide bonds. The van der Waals surface area contributed by atoms with Crippen LogP contribution in [0.5, 0.6) is 0 Å². The first-order valence-electron chi connectivity index (χ1n) is 5.31. The molecular formula is C14H12BrNO. The van der Waals surface area contributed by atoms with Gasteiger partial charge in [0.1, 0.15) is 0 Å². The van der Waals surface area contributed by atoms with Crippen LogP contribution in [0, 0.1) is 0 Å². The Balaban J connectivity index is 2.26. The minimum absolute atomic E-state index is 0.0461. The molecule has 0 bridgehead atoms. The molecule has 0 heterocycles. The van der Waals surface area contributed by atoms with Gasteiger partial charge in [-0.05, 0) is 23.3 Å². The minimum Gasteiger partial charge on any atom is -0.325 e. The van der Waals surface area contributed by atoms with Crippen LogP contribution in [0.3, 0.4) is 0 Å². The fourth-order valence-corrected chi connectivity index (χ4v) is 1.74. The van der Waals surface area contributed by atoms with Crippen molar-refractivity contribution in [3.05, 3.63) is 54.6 Å². The highest BCUT2D eigenvalue weighted by molar-refractivity contribution is 9.09. The lowest BCUT2D eigenvalue weighted by Crippen LogP contribution is -2.12. The average molecular weight is 290 g/mol. The standard InChI is InChI=1S/C14H12BrNO/c15-10-14(17)16-13-8-4-7-12(9-13)11-5-2-1-3-6-11/h1-9H,10H2,(H,16,17). The molecule has 0 aliphatic heterocycles. The molecule has 0 unspecified atom stereocenters. The van der Waals surface area contributed by atoms with Crippen LogP contribution in [0.2, 0.25) is 0 Å². The van der Waals surface area contributed by atoms with Crippen molar-refractivity contribution < 1.29 is 4.79 Å². The van der Waals surface area contributed by atoms with E-state index >= 15 is 0 Å². The van der Waals surface area contributed by atoms with Crippen molar-refractivity contribution in [1.29, 1.82) is 0 Å². The van der Waals surface area contributed by atoms with Gasteiger partial charge in [-0.2, -0.15) is 0 Å². The van der Waals surface area contributed by atoms with Gasteiger partial charge in [-0.1, -0.05) is 58.4 Å². The zero-order valence-corrected chi connectivity index (χ0v) is 10.8. The highest BCUT2D eigenvalue weighted by atomic mass is 79.9. The van der Waals surface area contributed by atoms with E-state index in [9.17, 15) is 4.79 Å². The molecular weight excluding hydrogens is 278 g/mol. The summed E-state index contributed by atoms with van der Waals surface area (Å²) in [4.78, 5) is 11.3. The van der Waals surface area contributed by atoms with Gasteiger partial charge in [-0.15, -0.1) is 0 Å². The zero-order chi connectivity index (χ0) is 12.1. The van der Waals surface area contributed by atoms with Crippen molar-refractivity contribution in [2.45, 2.75) is 0 Å². The normalized spacial score (nSPS) is 9.94. The van der Waals surface area contributed by atoms with Crippen LogP contribution in [-0.2, 0) is 4.79 Å². The average Bonchev–Trinajstić information content (AvgIpc) is 2.40. The molecule has 2 aromatic rings. The van der Waals surface area contributed by atoms with Gasteiger partial charge >= 0.3 is 0 Å². The van der Waals surface area contributed by atoms with Crippen molar-refractivity contribution in [3.8, 4) is 11.1 Å². The monoisotopic (exact) mass is 289 g/mol. The smallest absolute Gasteiger partial charge is 0.235 e. The topological polar surface area (TPSA) is 29.1 Å². The van der Waals surface area contributed by atoms with E-state index in [2.05, 4.69) is 21.2 Å². The summed E-state index contributed by atoms with van der Waals surface area (Å²) in [5, 5.41) is 3.12. The third-order valence-electron chi connectivity index (χ3n) is 2.37. The molecule has 17 heavy (non-hydrogen) atoms. The summed E-state index contributed by atoms with van der Waals surface area (Å²) >= 11 is 3.12. The Morgan fingerprint density at radius 3 is 2.41 bits per heavy atom. The number of nitrogens with one attached hydrogen (secondary N) is 1. The Kier molecular flexibility index (Phi) is 3.94. The second kappa shape index (κ2) is 5.64. The lowest BCUT2D eigenvalue weighted by atomic mass is 10.1. The van der Waals surface area contributed by atoms with Crippen molar-refractivity contribution in [2.24, 2.45) is 0 Å². The summed E-state index contributed by atoms with van der Waals surface area (Å²) in [5.41, 5.74) is 3.05. The number of hydrogen-bond acceptors (Lipinski definition) is 1. The molecule has 0 aromatic heterocycles. The number of carbonyl (C=O) groups is 1. The Morgan fingerprint density at radius 1 is 1.00 bits per heavy atom. The van der Waals surface area contributed by atoms with E-state index in [0.717, 1.165) is 16.8 Å². The molecule has 0 spiro atoms. The number of rotatable bonds is 3. The molecule has 0 radical (unpaired) electrons. The van der Waals surface area contributed by atoms with Crippen LogP contribution in [0.4, 0.5) is 5.69 Å². The van der Waals surface area contributed by atoms with E-state index < -0.39 is 0 Å². The highest BCUT2D eigenvalue weighted by Gasteiger charge is 2.01. The molecule has 0 fully saturated rings. The fraction of sp³-hybridized carbons (Fsp3) is 0.0714. The van der Waals surface area contributed by atoms with Crippen molar-refractivity contribution in [3.63, 3.8) is 0 Å². The third kappa shape index (κ3) is 3.17. The Morgan fingerprint density at radius 2 is 1.71 bits per heavy atom. The van der Waals surface area contributed by atoms with Crippen molar-refractivity contribution in [1.82, 2.24) is 0 Å². The first-order valence-corrected chi connectivity index (χ1v) is 6.43. The summed E-state index contributed by atoms with van der Waals surface area (Å²) in [5.74, 6) is -0.0461. The molecule has 0 atom stereocenters. The van der Waals surface area contributed by atoms with Gasteiger partial charge in [0.25, 0.3) is 0 Å². The molecule has 86 valence electrons. The Hall–Kier alpha value is -1.61. The molecule has 0 aliphatic rings. The van der Waals surface area contributed by atoms with Crippen molar-refractivity contribution >= 4 is 27.5 Å². The highest BCUT2D eigenvalue weighted by Crippen LogP contribution is 2.22. The number of anilines is 1. The number of amides is 1. The summed E-state index contributed by atoms with van der Waals surface area (Å²) in [6, 6.07) is 17.9. The summed E-state index contributed by atoms with van der Waals surface area (Å²) < 4.78 is 0. The minimum atomic E-state index is -0.0461. The lowest BCUT2D eigenvalue weighted by Gasteiger charge is -2.06. The van der Waals surface area contributed by atoms with Gasteiger partial charge in [0.05, 0.1) is 5.33 Å². The third-order valence-corrected chi connectivity index (χ3v) is 2.88. The van der Waals surface area contributed by atoms with Gasteiger partial charge in [0, 0.05) is 5.69 Å². The summed E-state index contributed by atoms with van der Waals surface area (Å²) in [7, 11) is 0. The van der Waals surface area contributed by atoms with Crippen LogP contribution in [-0.4, -0.2) is 11.2 Å². The van der Waals surface area contributed by atoms with E-state index in [1.54, 1.807) is 0 Å². The molecule has 0 saturated heterocycles. The van der Waals surface area contributed by atoms with E-state index in [1.807, 2.05) is 54.6 Å². The summed E-state index contributed by atoms with van der Waals surface area (Å²) in [6.45, 7) is 0. The van der Waals surface area contributed by atoms with E-state index in [1.165, 1.54) is 0 Å². The first-order chi connectivity index (χ1) is 8.29. The van der Waals surface area contributed by atoms with Gasteiger partial charge in [-0.25, -0.2) is 0 Å². The quantitative estimate of drug-likeness (QED) is 0.858. The van der Waals surface area contributed by atoms with Gasteiger partial charge in [0.15, 0.2) is 0 Å². The predicted molar refractivity (Wildman–Crippen MR) is 74.3 cm³/mol. The van der Waals surface area contributed by atoms with E-state index in [0.29, 0.717) is 5.33 Å². The first kappa shape index (κ1) is 11.9. The second-order valence-corrected chi connectivity index (χ2v) is 4.19. The van der Waals surface area contributed by atoms with Crippen LogP contribution in [0.25, 0.3) is 11.1 Å². The van der Waals surface area contributed by atoms with Gasteiger partial charge in [0.2, 0.25) is 5.91 Å². The number of hydrogen-bond donors (Lipinski definition) is 1. The maximum atomic E-state index is 11.3. The van der Waals surface area contributed by atoms with Crippen LogP contribution < -0.4 is 5.32 Å². The van der Waals surface area contributed by atoms with Crippen LogP contribution >= 0.6 is 15.9 Å². The van der Waals surface area contributed by atoms with Gasteiger partial charge < -0.3 is 5.32 Å². The molecule has 0 saturated carbocycles. The number of halogens is 1. The SMILES string of the molecule is O=C(CBr)Nc1cccc(-c2ccccc2)c1. The maximum Gasteiger partial charge on any atom is 0.235 e. The molecule has 2 nitrogen and oxygen atoms in total. The molecule has 1 N–H and O–H groups in total. The molecule has 2 aromatic carbocycles. The van der Waals surface area contributed by atoms with Crippen molar-refractivity contribution in [2.75, 3.05) is 10.6 Å². The molecule has 0 aliphatic carbocycles. The van der Waals surface area contributed by atoms with Crippen LogP contribution in [0.15, 0.2) is 54.6 Å². The maximum absolute atomic E-state index is 11.3.